The van der Waals surface area contributed by atoms with Crippen molar-refractivity contribution in [3.8, 4) is 0 Å². The van der Waals surface area contributed by atoms with E-state index in [4.69, 9.17) is 5.84 Å². The zero-order chi connectivity index (χ0) is 9.26. The number of nitrogens with one attached hydrogen (secondary N) is 1. The van der Waals surface area contributed by atoms with E-state index in [0.717, 1.165) is 11.1 Å². The fraction of sp³-hybridized carbons (Fsp3) is 0. The van der Waals surface area contributed by atoms with E-state index in [1.807, 2.05) is 6.07 Å². The Balaban J connectivity index is 2.77. The van der Waals surface area contributed by atoms with Crippen molar-refractivity contribution in [2.24, 2.45) is 5.84 Å². The number of nitrogens with zero attached hydrogens (tertiary/aromatic N) is 1. The summed E-state index contributed by atoms with van der Waals surface area (Å²) >= 11 is 0. The number of hydrogen-bond acceptors (Lipinski definition) is 3. The molecule has 0 aliphatic heterocycles. The molecule has 0 spiro atoms. The Morgan fingerprint density at radius 2 is 2.08 bits per heavy atom. The van der Waals surface area contributed by atoms with Crippen molar-refractivity contribution in [1.29, 1.82) is 0 Å². The average molecular weight is 177 g/mol. The van der Waals surface area contributed by atoms with E-state index < -0.39 is 5.95 Å². The van der Waals surface area contributed by atoms with Crippen LogP contribution in [-0.4, -0.2) is 4.98 Å². The van der Waals surface area contributed by atoms with Gasteiger partial charge in [0, 0.05) is 5.39 Å². The zero-order valence-electron chi connectivity index (χ0n) is 6.79. The predicted molar refractivity (Wildman–Crippen MR) is 49.5 cm³/mol. The van der Waals surface area contributed by atoms with Gasteiger partial charge in [-0.05, 0) is 24.3 Å². The number of aromatic nitrogens is 1. The van der Waals surface area contributed by atoms with Crippen LogP contribution < -0.4 is 11.3 Å². The summed E-state index contributed by atoms with van der Waals surface area (Å²) in [5.41, 5.74) is 3.86. The zero-order valence-corrected chi connectivity index (χ0v) is 6.79. The Morgan fingerprint density at radius 1 is 1.23 bits per heavy atom. The minimum atomic E-state index is -0.485. The SMILES string of the molecule is NNc1cccc2nc(F)ccc12. The second kappa shape index (κ2) is 2.99. The number of halogens is 1. The van der Waals surface area contributed by atoms with E-state index in [1.165, 1.54) is 6.07 Å². The van der Waals surface area contributed by atoms with Crippen LogP contribution in [0, 0.1) is 5.95 Å². The number of pyridine rings is 1. The Morgan fingerprint density at radius 3 is 2.85 bits per heavy atom. The maximum absolute atomic E-state index is 12.7. The minimum Gasteiger partial charge on any atom is -0.323 e. The summed E-state index contributed by atoms with van der Waals surface area (Å²) in [5.74, 6) is 4.80. The molecule has 0 radical (unpaired) electrons. The van der Waals surface area contributed by atoms with Crippen molar-refractivity contribution in [2.75, 3.05) is 5.43 Å². The van der Waals surface area contributed by atoms with Crippen molar-refractivity contribution in [3.05, 3.63) is 36.3 Å². The molecule has 4 heteroatoms. The lowest BCUT2D eigenvalue weighted by atomic mass is 10.2. The molecule has 0 fully saturated rings. The van der Waals surface area contributed by atoms with E-state index in [0.29, 0.717) is 5.52 Å². The molecule has 0 unspecified atom stereocenters. The highest BCUT2D eigenvalue weighted by Gasteiger charge is 2.00. The molecule has 0 saturated carbocycles. The molecule has 3 nitrogen and oxygen atoms in total. The van der Waals surface area contributed by atoms with Gasteiger partial charge in [-0.15, -0.1) is 0 Å². The maximum Gasteiger partial charge on any atom is 0.213 e. The largest absolute Gasteiger partial charge is 0.323 e. The molecule has 1 heterocycles. The molecule has 0 atom stereocenters. The number of rotatable bonds is 1. The Hall–Kier alpha value is -1.68. The molecule has 0 aliphatic rings. The molecule has 0 saturated heterocycles. The third-order valence-electron chi connectivity index (χ3n) is 1.85. The van der Waals surface area contributed by atoms with Gasteiger partial charge in [-0.3, -0.25) is 5.84 Å². The van der Waals surface area contributed by atoms with E-state index in [9.17, 15) is 4.39 Å². The average Bonchev–Trinajstić information content (AvgIpc) is 2.16. The molecule has 1 aromatic carbocycles. The van der Waals surface area contributed by atoms with Gasteiger partial charge in [0.05, 0.1) is 11.2 Å². The first-order valence-electron chi connectivity index (χ1n) is 3.83. The summed E-state index contributed by atoms with van der Waals surface area (Å²) in [6, 6.07) is 8.27. The normalized spacial score (nSPS) is 10.3. The second-order valence-electron chi connectivity index (χ2n) is 2.65. The summed E-state index contributed by atoms with van der Waals surface area (Å²) in [6.07, 6.45) is 0. The first-order chi connectivity index (χ1) is 6.31. The van der Waals surface area contributed by atoms with E-state index in [1.54, 1.807) is 18.2 Å². The third-order valence-corrected chi connectivity index (χ3v) is 1.85. The van der Waals surface area contributed by atoms with Gasteiger partial charge < -0.3 is 5.43 Å². The molecule has 0 aliphatic carbocycles. The van der Waals surface area contributed by atoms with Crippen molar-refractivity contribution >= 4 is 16.6 Å². The van der Waals surface area contributed by atoms with Crippen molar-refractivity contribution in [2.45, 2.75) is 0 Å². The fourth-order valence-corrected chi connectivity index (χ4v) is 1.26. The van der Waals surface area contributed by atoms with Gasteiger partial charge in [0.2, 0.25) is 5.95 Å². The monoisotopic (exact) mass is 177 g/mol. The molecule has 13 heavy (non-hydrogen) atoms. The number of fused-ring (bicyclic) bond motifs is 1. The highest BCUT2D eigenvalue weighted by molar-refractivity contribution is 5.90. The number of benzene rings is 1. The maximum atomic E-state index is 12.7. The van der Waals surface area contributed by atoms with Crippen LogP contribution in [0.15, 0.2) is 30.3 Å². The van der Waals surface area contributed by atoms with Gasteiger partial charge >= 0.3 is 0 Å². The summed E-state index contributed by atoms with van der Waals surface area (Å²) in [5, 5.41) is 0.811. The van der Waals surface area contributed by atoms with Crippen LogP contribution in [-0.2, 0) is 0 Å². The van der Waals surface area contributed by atoms with E-state index in [-0.39, 0.29) is 0 Å². The fourth-order valence-electron chi connectivity index (χ4n) is 1.26. The molecule has 2 aromatic rings. The molecule has 0 amide bonds. The van der Waals surface area contributed by atoms with E-state index >= 15 is 0 Å². The van der Waals surface area contributed by atoms with Gasteiger partial charge in [0.15, 0.2) is 0 Å². The molecular weight excluding hydrogens is 169 g/mol. The van der Waals surface area contributed by atoms with Crippen LogP contribution >= 0.6 is 0 Å². The van der Waals surface area contributed by atoms with Crippen LogP contribution in [0.25, 0.3) is 10.9 Å². The number of anilines is 1. The van der Waals surface area contributed by atoms with Crippen molar-refractivity contribution in [3.63, 3.8) is 0 Å². The van der Waals surface area contributed by atoms with Crippen LogP contribution in [0.3, 0.4) is 0 Å². The number of hydrogen-bond donors (Lipinski definition) is 2. The number of hydrazine groups is 1. The van der Waals surface area contributed by atoms with Gasteiger partial charge in [-0.1, -0.05) is 6.07 Å². The van der Waals surface area contributed by atoms with Crippen LogP contribution in [0.4, 0.5) is 10.1 Å². The van der Waals surface area contributed by atoms with Crippen LogP contribution in [0.2, 0.25) is 0 Å². The number of nitrogen functional groups attached to an aromatic ring is 1. The predicted octanol–water partition coefficient (Wildman–Crippen LogP) is 1.66. The molecular formula is C9H8FN3. The quantitative estimate of drug-likeness (QED) is 0.395. The summed E-state index contributed by atoms with van der Waals surface area (Å²) < 4.78 is 12.7. The molecule has 3 N–H and O–H groups in total. The standard InChI is InChI=1S/C9H8FN3/c10-9-5-4-6-7(12-9)2-1-3-8(6)13-11/h1-5,13H,11H2. The lowest BCUT2D eigenvalue weighted by Gasteiger charge is -2.03. The van der Waals surface area contributed by atoms with Crippen LogP contribution in [0.5, 0.6) is 0 Å². The lowest BCUT2D eigenvalue weighted by Crippen LogP contribution is -2.07. The second-order valence-corrected chi connectivity index (χ2v) is 2.65. The van der Waals surface area contributed by atoms with Gasteiger partial charge in [-0.2, -0.15) is 4.39 Å². The third kappa shape index (κ3) is 1.31. The summed E-state index contributed by atoms with van der Waals surface area (Å²) in [6.45, 7) is 0. The Labute approximate surface area is 74.4 Å². The molecule has 2 rings (SSSR count). The van der Waals surface area contributed by atoms with Gasteiger partial charge in [-0.25, -0.2) is 4.98 Å². The smallest absolute Gasteiger partial charge is 0.213 e. The van der Waals surface area contributed by atoms with E-state index in [2.05, 4.69) is 10.4 Å². The molecule has 1 aromatic heterocycles. The summed E-state index contributed by atoms with van der Waals surface area (Å²) in [7, 11) is 0. The highest BCUT2D eigenvalue weighted by Crippen LogP contribution is 2.20. The Kier molecular flexibility index (Phi) is 1.83. The Bertz CT molecular complexity index is 442. The lowest BCUT2D eigenvalue weighted by molar-refractivity contribution is 0.589. The van der Waals surface area contributed by atoms with Crippen molar-refractivity contribution in [1.82, 2.24) is 4.98 Å². The van der Waals surface area contributed by atoms with Gasteiger partial charge in [0.25, 0.3) is 0 Å². The molecule has 66 valence electrons. The minimum absolute atomic E-state index is 0.485. The number of nitrogens with two attached hydrogens (primary N) is 1. The first kappa shape index (κ1) is 7.94. The summed E-state index contributed by atoms with van der Waals surface area (Å²) in [4.78, 5) is 3.72. The van der Waals surface area contributed by atoms with Crippen molar-refractivity contribution < 1.29 is 4.39 Å². The topological polar surface area (TPSA) is 50.9 Å². The molecule has 0 bridgehead atoms. The van der Waals surface area contributed by atoms with Gasteiger partial charge in [0.1, 0.15) is 0 Å². The first-order valence-corrected chi connectivity index (χ1v) is 3.83. The van der Waals surface area contributed by atoms with Crippen LogP contribution in [0.1, 0.15) is 0 Å². The highest BCUT2D eigenvalue weighted by atomic mass is 19.1.